The number of methoxy groups -OCH3 is 1. The average molecular weight is 328 g/mol. The monoisotopic (exact) mass is 328 g/mol. The fourth-order valence-electron chi connectivity index (χ4n) is 2.24. The van der Waals surface area contributed by atoms with E-state index >= 15 is 0 Å². The number of nitrogens with one attached hydrogen (secondary N) is 1. The summed E-state index contributed by atoms with van der Waals surface area (Å²) in [6, 6.07) is -0.281. The quantitative estimate of drug-likeness (QED) is 0.721. The zero-order valence-corrected chi connectivity index (χ0v) is 13.5. The molecule has 122 valence electrons. The van der Waals surface area contributed by atoms with Gasteiger partial charge in [0.1, 0.15) is 0 Å². The van der Waals surface area contributed by atoms with Gasteiger partial charge >= 0.3 is 0 Å². The van der Waals surface area contributed by atoms with Gasteiger partial charge in [0.2, 0.25) is 5.95 Å². The van der Waals surface area contributed by atoms with E-state index in [1.54, 1.807) is 14.2 Å². The lowest BCUT2D eigenvalue weighted by atomic mass is 10.2. The summed E-state index contributed by atoms with van der Waals surface area (Å²) in [6.45, 7) is 1.10. The van der Waals surface area contributed by atoms with Crippen molar-refractivity contribution in [3.05, 3.63) is 18.0 Å². The minimum absolute atomic E-state index is 0.0206. The maximum absolute atomic E-state index is 12.3. The second kappa shape index (κ2) is 7.01. The molecule has 1 atom stereocenters. The number of ether oxygens (including phenoxy) is 1. The van der Waals surface area contributed by atoms with Gasteiger partial charge in [0.25, 0.3) is 5.91 Å². The molecule has 2 heterocycles. The van der Waals surface area contributed by atoms with Crippen LogP contribution in [0.2, 0.25) is 0 Å². The molecule has 0 aliphatic carbocycles. The van der Waals surface area contributed by atoms with Crippen molar-refractivity contribution in [2.75, 3.05) is 44.1 Å². The van der Waals surface area contributed by atoms with Gasteiger partial charge in [-0.2, -0.15) is 0 Å². The Bertz CT molecular complexity index is 617. The van der Waals surface area contributed by atoms with E-state index in [4.69, 9.17) is 4.74 Å². The topological polar surface area (TPSA) is 101 Å². The number of hydrogen-bond acceptors (Lipinski definition) is 7. The number of amides is 1. The first-order valence-electron chi connectivity index (χ1n) is 6.95. The molecular formula is C13H20N4O4S. The standard InChI is InChI=1S/C13H20N4O4S/c1-17(11-3-6-22(19,20)9-11)12(18)10-7-15-13(16-8-10)14-4-5-21-2/h7-8,11H,3-6,9H2,1-2H3,(H,14,15,16). The van der Waals surface area contributed by atoms with Crippen molar-refractivity contribution in [2.45, 2.75) is 12.5 Å². The summed E-state index contributed by atoms with van der Waals surface area (Å²) in [5, 5.41) is 2.96. The van der Waals surface area contributed by atoms with Crippen LogP contribution in [0.5, 0.6) is 0 Å². The molecular weight excluding hydrogens is 308 g/mol. The molecule has 2 rings (SSSR count). The van der Waals surface area contributed by atoms with Gasteiger partial charge < -0.3 is 15.0 Å². The Kier molecular flexibility index (Phi) is 5.30. The minimum atomic E-state index is -3.02. The maximum atomic E-state index is 12.3. The normalized spacial score (nSPS) is 19.8. The fourth-order valence-corrected chi connectivity index (χ4v) is 4.02. The van der Waals surface area contributed by atoms with Gasteiger partial charge in [-0.05, 0) is 6.42 Å². The first-order valence-corrected chi connectivity index (χ1v) is 8.77. The molecule has 1 unspecified atom stereocenters. The van der Waals surface area contributed by atoms with E-state index in [1.807, 2.05) is 0 Å². The Labute approximate surface area is 129 Å². The predicted octanol–water partition coefficient (Wildman–Crippen LogP) is -0.206. The van der Waals surface area contributed by atoms with Crippen LogP contribution in [0.25, 0.3) is 0 Å². The first kappa shape index (κ1) is 16.6. The molecule has 0 radical (unpaired) electrons. The highest BCUT2D eigenvalue weighted by Crippen LogP contribution is 2.18. The van der Waals surface area contributed by atoms with Crippen molar-refractivity contribution >= 4 is 21.7 Å². The molecule has 1 aliphatic heterocycles. The molecule has 0 saturated carbocycles. The SMILES string of the molecule is COCCNc1ncc(C(=O)N(C)C2CCS(=O)(=O)C2)cn1. The zero-order chi connectivity index (χ0) is 16.2. The number of hydrogen-bond donors (Lipinski definition) is 1. The van der Waals surface area contributed by atoms with E-state index in [0.29, 0.717) is 31.1 Å². The molecule has 1 amide bonds. The molecule has 8 nitrogen and oxygen atoms in total. The highest BCUT2D eigenvalue weighted by atomic mass is 32.2. The third-order valence-electron chi connectivity index (χ3n) is 3.56. The van der Waals surface area contributed by atoms with Gasteiger partial charge in [-0.15, -0.1) is 0 Å². The Morgan fingerprint density at radius 3 is 2.68 bits per heavy atom. The molecule has 9 heteroatoms. The second-order valence-corrected chi connectivity index (χ2v) is 7.42. The molecule has 22 heavy (non-hydrogen) atoms. The highest BCUT2D eigenvalue weighted by Gasteiger charge is 2.33. The van der Waals surface area contributed by atoms with Crippen LogP contribution in [0.3, 0.4) is 0 Å². The zero-order valence-electron chi connectivity index (χ0n) is 12.7. The lowest BCUT2D eigenvalue weighted by Gasteiger charge is -2.23. The molecule has 0 aromatic carbocycles. The van der Waals surface area contributed by atoms with Crippen molar-refractivity contribution < 1.29 is 17.9 Å². The van der Waals surface area contributed by atoms with E-state index in [2.05, 4.69) is 15.3 Å². The van der Waals surface area contributed by atoms with E-state index < -0.39 is 9.84 Å². The van der Waals surface area contributed by atoms with Gasteiger partial charge in [-0.1, -0.05) is 0 Å². The maximum Gasteiger partial charge on any atom is 0.257 e. The minimum Gasteiger partial charge on any atom is -0.383 e. The highest BCUT2D eigenvalue weighted by molar-refractivity contribution is 7.91. The van der Waals surface area contributed by atoms with Crippen molar-refractivity contribution in [1.29, 1.82) is 0 Å². The Morgan fingerprint density at radius 2 is 2.14 bits per heavy atom. The van der Waals surface area contributed by atoms with Crippen LogP contribution >= 0.6 is 0 Å². The van der Waals surface area contributed by atoms with Crippen molar-refractivity contribution in [3.8, 4) is 0 Å². The molecule has 1 saturated heterocycles. The Hall–Kier alpha value is -1.74. The number of rotatable bonds is 6. The van der Waals surface area contributed by atoms with Crippen LogP contribution in [0, 0.1) is 0 Å². The number of anilines is 1. The Balaban J connectivity index is 1.97. The smallest absolute Gasteiger partial charge is 0.257 e. The second-order valence-electron chi connectivity index (χ2n) is 5.19. The molecule has 1 aromatic heterocycles. The van der Waals surface area contributed by atoms with Gasteiger partial charge in [0.15, 0.2) is 9.84 Å². The number of aromatic nitrogens is 2. The number of sulfone groups is 1. The summed E-state index contributed by atoms with van der Waals surface area (Å²) in [5.41, 5.74) is 0.337. The van der Waals surface area contributed by atoms with Crippen LogP contribution in [0.1, 0.15) is 16.8 Å². The van der Waals surface area contributed by atoms with Crippen LogP contribution in [0.4, 0.5) is 5.95 Å². The summed E-state index contributed by atoms with van der Waals surface area (Å²) in [6.07, 6.45) is 3.34. The predicted molar refractivity (Wildman–Crippen MR) is 81.6 cm³/mol. The third kappa shape index (κ3) is 4.14. The van der Waals surface area contributed by atoms with Crippen molar-refractivity contribution in [1.82, 2.24) is 14.9 Å². The number of carbonyl (C=O) groups is 1. The molecule has 1 N–H and O–H groups in total. The van der Waals surface area contributed by atoms with Gasteiger partial charge in [-0.3, -0.25) is 4.79 Å². The van der Waals surface area contributed by atoms with Gasteiger partial charge in [-0.25, -0.2) is 18.4 Å². The summed E-state index contributed by atoms with van der Waals surface area (Å²) < 4.78 is 27.9. The van der Waals surface area contributed by atoms with Crippen LogP contribution in [-0.4, -0.2) is 74.0 Å². The Morgan fingerprint density at radius 1 is 1.45 bits per heavy atom. The molecule has 1 aromatic rings. The molecule has 1 fully saturated rings. The lowest BCUT2D eigenvalue weighted by Crippen LogP contribution is -2.37. The fraction of sp³-hybridized carbons (Fsp3) is 0.615. The van der Waals surface area contributed by atoms with Crippen LogP contribution in [-0.2, 0) is 14.6 Å². The van der Waals surface area contributed by atoms with Crippen molar-refractivity contribution in [2.24, 2.45) is 0 Å². The largest absolute Gasteiger partial charge is 0.383 e. The summed E-state index contributed by atoms with van der Waals surface area (Å²) in [5.74, 6) is 0.297. The number of carbonyl (C=O) groups excluding carboxylic acids is 1. The van der Waals surface area contributed by atoms with Gasteiger partial charge in [0.05, 0.1) is 23.7 Å². The molecule has 1 aliphatic rings. The van der Waals surface area contributed by atoms with E-state index in [-0.39, 0.29) is 23.5 Å². The van der Waals surface area contributed by atoms with Crippen LogP contribution in [0.15, 0.2) is 12.4 Å². The van der Waals surface area contributed by atoms with E-state index in [1.165, 1.54) is 17.3 Å². The first-order chi connectivity index (χ1) is 10.4. The van der Waals surface area contributed by atoms with Crippen molar-refractivity contribution in [3.63, 3.8) is 0 Å². The average Bonchev–Trinajstić information content (AvgIpc) is 2.87. The summed E-state index contributed by atoms with van der Waals surface area (Å²) in [7, 11) is 0.188. The van der Waals surface area contributed by atoms with E-state index in [9.17, 15) is 13.2 Å². The summed E-state index contributed by atoms with van der Waals surface area (Å²) >= 11 is 0. The summed E-state index contributed by atoms with van der Waals surface area (Å²) in [4.78, 5) is 21.9. The van der Waals surface area contributed by atoms with Crippen LogP contribution < -0.4 is 5.32 Å². The molecule has 0 spiro atoms. The van der Waals surface area contributed by atoms with Gasteiger partial charge in [0, 0.05) is 39.1 Å². The lowest BCUT2D eigenvalue weighted by molar-refractivity contribution is 0.0747. The third-order valence-corrected chi connectivity index (χ3v) is 5.31. The van der Waals surface area contributed by atoms with E-state index in [0.717, 1.165) is 0 Å². The number of nitrogens with zero attached hydrogens (tertiary/aromatic N) is 3. The molecule has 0 bridgehead atoms.